The van der Waals surface area contributed by atoms with Crippen molar-refractivity contribution in [2.75, 3.05) is 77.2 Å². The van der Waals surface area contributed by atoms with E-state index in [1.165, 1.54) is 9.80 Å². The first kappa shape index (κ1) is 34.5. The quantitative estimate of drug-likeness (QED) is 0.0600. The first-order valence-electron chi connectivity index (χ1n) is 9.98. The molecule has 14 nitrogen and oxygen atoms in total. The fraction of sp³-hybridized carbons (Fsp3) is 0.778. The number of nitrogens with zero attached hydrogens (tertiary/aromatic N) is 2. The van der Waals surface area contributed by atoms with Crippen molar-refractivity contribution in [1.29, 1.82) is 0 Å². The van der Waals surface area contributed by atoms with E-state index in [-0.39, 0.29) is 51.0 Å². The van der Waals surface area contributed by atoms with Crippen LogP contribution in [0.4, 0.5) is 0 Å². The van der Waals surface area contributed by atoms with Gasteiger partial charge in [-0.25, -0.2) is 0 Å². The zero-order valence-electron chi connectivity index (χ0n) is 18.6. The van der Waals surface area contributed by atoms with E-state index in [1.54, 1.807) is 0 Å². The Morgan fingerprint density at radius 1 is 0.588 bits per heavy atom. The number of carboxylic acid groups (broad SMARTS) is 4. The predicted octanol–water partition coefficient (Wildman–Crippen LogP) is -2.47. The normalized spacial score (nSPS) is 12.6. The van der Waals surface area contributed by atoms with Gasteiger partial charge in [0.15, 0.2) is 0 Å². The Bertz CT molecular complexity index is 517. The molecule has 0 bridgehead atoms. The molecule has 0 saturated carbocycles. The molecule has 0 aliphatic heterocycles. The summed E-state index contributed by atoms with van der Waals surface area (Å²) in [6, 6.07) is 0. The number of aliphatic hydroxyl groups is 2. The number of hydrogen-bond acceptors (Lipinski definition) is 12. The molecule has 0 fully saturated rings. The number of ether oxygens (including phenoxy) is 2. The van der Waals surface area contributed by atoms with E-state index in [1.807, 2.05) is 0 Å². The van der Waals surface area contributed by atoms with Crippen LogP contribution in [-0.2, 0) is 28.7 Å². The summed E-state index contributed by atoms with van der Waals surface area (Å²) in [5.74, 6) is -3.99. The van der Waals surface area contributed by atoms with Crippen LogP contribution < -0.4 is 0 Å². The molecule has 2 atom stereocenters. The third-order valence-electron chi connectivity index (χ3n) is 3.73. The van der Waals surface area contributed by atoms with Gasteiger partial charge in [0, 0.05) is 24.6 Å². The highest BCUT2D eigenvalue weighted by Crippen LogP contribution is 1.96. The lowest BCUT2D eigenvalue weighted by Crippen LogP contribution is -2.37. The Labute approximate surface area is 207 Å². The minimum atomic E-state index is -1.14. The first-order valence-corrected chi connectivity index (χ1v) is 11.2. The van der Waals surface area contributed by atoms with E-state index in [4.69, 9.17) is 40.1 Å². The van der Waals surface area contributed by atoms with Gasteiger partial charge in [-0.1, -0.05) is 0 Å². The number of thiol groups is 2. The zero-order chi connectivity index (χ0) is 26.5. The average Bonchev–Trinajstić information content (AvgIpc) is 2.72. The van der Waals surface area contributed by atoms with Gasteiger partial charge in [-0.15, -0.1) is 0 Å². The molecule has 200 valence electrons. The maximum absolute atomic E-state index is 10.6. The maximum atomic E-state index is 10.6. The summed E-state index contributed by atoms with van der Waals surface area (Å²) in [6.07, 6.45) is -1.48. The SMILES string of the molecule is O=C(O)CN(CCOCCOCCN(CC(=O)O)CC(=O)O)CC(=O)O.O[C@H](CS)[C@H](O)CS. The number of aliphatic carboxylic acids is 4. The third-order valence-corrected chi connectivity index (χ3v) is 4.48. The van der Waals surface area contributed by atoms with Crippen molar-refractivity contribution in [3.05, 3.63) is 0 Å². The van der Waals surface area contributed by atoms with Gasteiger partial charge in [-0.2, -0.15) is 25.3 Å². The minimum absolute atomic E-state index is 0.119. The molecule has 0 spiro atoms. The van der Waals surface area contributed by atoms with Gasteiger partial charge in [-0.3, -0.25) is 29.0 Å². The summed E-state index contributed by atoms with van der Waals surface area (Å²) in [4.78, 5) is 44.9. The van der Waals surface area contributed by atoms with Crippen LogP contribution in [0.25, 0.3) is 0 Å². The van der Waals surface area contributed by atoms with Crippen LogP contribution >= 0.6 is 25.3 Å². The minimum Gasteiger partial charge on any atom is -0.480 e. The number of hydrogen-bond donors (Lipinski definition) is 8. The zero-order valence-corrected chi connectivity index (χ0v) is 20.4. The monoisotopic (exact) mass is 534 g/mol. The number of aliphatic hydroxyl groups excluding tert-OH is 2. The predicted molar refractivity (Wildman–Crippen MR) is 125 cm³/mol. The summed E-state index contributed by atoms with van der Waals surface area (Å²) in [7, 11) is 0. The molecule has 0 aromatic carbocycles. The van der Waals surface area contributed by atoms with Crippen molar-refractivity contribution >= 4 is 49.1 Å². The Hall–Kier alpha value is -1.66. The molecule has 0 amide bonds. The van der Waals surface area contributed by atoms with E-state index in [9.17, 15) is 19.2 Å². The van der Waals surface area contributed by atoms with E-state index >= 15 is 0 Å². The molecule has 0 radical (unpaired) electrons. The summed E-state index contributed by atoms with van der Waals surface area (Å²) >= 11 is 7.53. The standard InChI is InChI=1S/C14H24N2O10.C4H10O2S2/c17-11(18)7-15(8-12(19)20)1-3-25-5-6-26-4-2-16(9-13(21)22)10-14(23)24;5-3(1-7)4(6)2-8/h1-10H2,(H,17,18)(H,19,20)(H,21,22)(H,23,24);3-8H,1-2H2/t;3-,4-/m.1/s1. The van der Waals surface area contributed by atoms with Gasteiger partial charge in [0.1, 0.15) is 0 Å². The second-order valence-corrected chi connectivity index (χ2v) is 7.45. The van der Waals surface area contributed by atoms with Gasteiger partial charge in [0.2, 0.25) is 0 Å². The highest BCUT2D eigenvalue weighted by molar-refractivity contribution is 7.80. The van der Waals surface area contributed by atoms with E-state index in [0.717, 1.165) is 0 Å². The molecule has 0 unspecified atom stereocenters. The highest BCUT2D eigenvalue weighted by atomic mass is 32.1. The lowest BCUT2D eigenvalue weighted by Gasteiger charge is -2.18. The summed E-state index contributed by atoms with van der Waals surface area (Å²) in [5, 5.41) is 52.2. The Balaban J connectivity index is 0. The molecule has 0 aromatic heterocycles. The average molecular weight is 535 g/mol. The van der Waals surface area contributed by atoms with Crippen LogP contribution in [0.3, 0.4) is 0 Å². The van der Waals surface area contributed by atoms with Gasteiger partial charge in [0.25, 0.3) is 0 Å². The lowest BCUT2D eigenvalue weighted by molar-refractivity contribution is -0.144. The number of carbonyl (C=O) groups is 4. The molecule has 34 heavy (non-hydrogen) atoms. The molecule has 0 aliphatic rings. The Morgan fingerprint density at radius 2 is 0.853 bits per heavy atom. The molecule has 0 aliphatic carbocycles. The van der Waals surface area contributed by atoms with Crippen LogP contribution in [-0.4, -0.2) is 154 Å². The molecule has 0 rings (SSSR count). The van der Waals surface area contributed by atoms with Crippen molar-refractivity contribution in [2.45, 2.75) is 12.2 Å². The van der Waals surface area contributed by atoms with Gasteiger partial charge < -0.3 is 40.1 Å². The maximum Gasteiger partial charge on any atom is 0.317 e. The summed E-state index contributed by atoms with van der Waals surface area (Å²) < 4.78 is 10.4. The molecular formula is C18H34N2O12S2. The fourth-order valence-electron chi connectivity index (χ4n) is 2.15. The summed E-state index contributed by atoms with van der Waals surface area (Å²) in [6.45, 7) is -0.790. The van der Waals surface area contributed by atoms with Gasteiger partial charge in [-0.05, 0) is 0 Å². The van der Waals surface area contributed by atoms with Crippen LogP contribution in [0.5, 0.6) is 0 Å². The van der Waals surface area contributed by atoms with Gasteiger partial charge >= 0.3 is 23.9 Å². The lowest BCUT2D eigenvalue weighted by atomic mass is 10.3. The van der Waals surface area contributed by atoms with Crippen LogP contribution in [0.15, 0.2) is 0 Å². The molecular weight excluding hydrogens is 500 g/mol. The molecule has 0 aromatic rings. The first-order chi connectivity index (χ1) is 15.9. The molecule has 0 saturated heterocycles. The largest absolute Gasteiger partial charge is 0.480 e. The van der Waals surface area contributed by atoms with E-state index in [2.05, 4.69) is 25.3 Å². The van der Waals surface area contributed by atoms with Crippen molar-refractivity contribution in [1.82, 2.24) is 9.80 Å². The van der Waals surface area contributed by atoms with Crippen LogP contribution in [0.1, 0.15) is 0 Å². The fourth-order valence-corrected chi connectivity index (χ4v) is 2.63. The molecule has 16 heteroatoms. The molecule has 6 N–H and O–H groups in total. The number of rotatable bonds is 20. The van der Waals surface area contributed by atoms with Crippen molar-refractivity contribution < 1.29 is 59.3 Å². The molecule has 0 heterocycles. The summed E-state index contributed by atoms with van der Waals surface area (Å²) in [5.41, 5.74) is 0. The topological polar surface area (TPSA) is 215 Å². The second kappa shape index (κ2) is 21.8. The van der Waals surface area contributed by atoms with Crippen LogP contribution in [0, 0.1) is 0 Å². The smallest absolute Gasteiger partial charge is 0.317 e. The van der Waals surface area contributed by atoms with Crippen molar-refractivity contribution in [2.24, 2.45) is 0 Å². The van der Waals surface area contributed by atoms with Crippen molar-refractivity contribution in [3.8, 4) is 0 Å². The Kier molecular flexibility index (Phi) is 22.2. The van der Waals surface area contributed by atoms with Crippen LogP contribution in [0.2, 0.25) is 0 Å². The highest BCUT2D eigenvalue weighted by Gasteiger charge is 2.14. The van der Waals surface area contributed by atoms with Gasteiger partial charge in [0.05, 0.1) is 64.8 Å². The Morgan fingerprint density at radius 3 is 1.06 bits per heavy atom. The third kappa shape index (κ3) is 23.5. The van der Waals surface area contributed by atoms with E-state index in [0.29, 0.717) is 0 Å². The van der Waals surface area contributed by atoms with Crippen molar-refractivity contribution in [3.63, 3.8) is 0 Å². The van der Waals surface area contributed by atoms with E-state index < -0.39 is 62.3 Å². The number of carboxylic acids is 4. The second-order valence-electron chi connectivity index (χ2n) is 6.72.